The Balaban J connectivity index is 2.20. The van der Waals surface area contributed by atoms with Gasteiger partial charge in [0.1, 0.15) is 0 Å². The largest absolute Gasteiger partial charge is 0.371 e. The molecule has 0 bridgehead atoms. The number of rotatable bonds is 3. The lowest BCUT2D eigenvalue weighted by Crippen LogP contribution is -2.37. The Hall–Kier alpha value is -0.120. The monoisotopic (exact) mass is 172 g/mol. The topological polar surface area (TPSA) is 24.5 Å². The number of nitrogens with one attached hydrogen (secondary N) is 1. The average molecular weight is 172 g/mol. The molecule has 0 aromatic heterocycles. The molecule has 1 fully saturated rings. The van der Waals surface area contributed by atoms with Gasteiger partial charge in [-0.15, -0.1) is 0 Å². The lowest BCUT2D eigenvalue weighted by atomic mass is 10.1. The van der Waals surface area contributed by atoms with Gasteiger partial charge in [0.15, 0.2) is 0 Å². The predicted molar refractivity (Wildman–Crippen MR) is 49.9 cm³/mol. The highest BCUT2D eigenvalue weighted by Gasteiger charge is 2.31. The summed E-state index contributed by atoms with van der Waals surface area (Å²) >= 11 is 0. The molecule has 1 unspecified atom stereocenters. The van der Waals surface area contributed by atoms with Crippen molar-refractivity contribution in [1.82, 2.24) is 10.4 Å². The third kappa shape index (κ3) is 3.09. The summed E-state index contributed by atoms with van der Waals surface area (Å²) in [6, 6.07) is 0. The molecule has 3 heteroatoms. The fourth-order valence-electron chi connectivity index (χ4n) is 1.51. The third-order valence-electron chi connectivity index (χ3n) is 2.19. The van der Waals surface area contributed by atoms with Gasteiger partial charge in [0, 0.05) is 20.6 Å². The van der Waals surface area contributed by atoms with E-state index in [4.69, 9.17) is 4.74 Å². The van der Waals surface area contributed by atoms with Crippen molar-refractivity contribution in [3.05, 3.63) is 0 Å². The van der Waals surface area contributed by atoms with Crippen LogP contribution in [0.1, 0.15) is 26.7 Å². The average Bonchev–Trinajstić information content (AvgIpc) is 2.26. The van der Waals surface area contributed by atoms with Crippen LogP contribution in [-0.4, -0.2) is 37.4 Å². The van der Waals surface area contributed by atoms with Gasteiger partial charge >= 0.3 is 0 Å². The molecule has 1 aliphatic rings. The van der Waals surface area contributed by atoms with Crippen molar-refractivity contribution in [2.75, 3.05) is 20.6 Å². The lowest BCUT2D eigenvalue weighted by molar-refractivity contribution is -0.0197. The van der Waals surface area contributed by atoms with Crippen molar-refractivity contribution >= 4 is 0 Å². The van der Waals surface area contributed by atoms with Gasteiger partial charge in [0.25, 0.3) is 0 Å². The highest BCUT2D eigenvalue weighted by Crippen LogP contribution is 2.28. The van der Waals surface area contributed by atoms with Gasteiger partial charge in [-0.05, 0) is 26.7 Å². The fourth-order valence-corrected chi connectivity index (χ4v) is 1.51. The Morgan fingerprint density at radius 3 is 2.58 bits per heavy atom. The van der Waals surface area contributed by atoms with Crippen LogP contribution in [0.4, 0.5) is 0 Å². The van der Waals surface area contributed by atoms with Gasteiger partial charge in [0.05, 0.1) is 11.7 Å². The molecule has 0 amide bonds. The summed E-state index contributed by atoms with van der Waals surface area (Å²) in [6.45, 7) is 5.24. The van der Waals surface area contributed by atoms with E-state index < -0.39 is 0 Å². The lowest BCUT2D eigenvalue weighted by Gasteiger charge is -2.20. The van der Waals surface area contributed by atoms with Gasteiger partial charge in [0.2, 0.25) is 0 Å². The molecule has 0 radical (unpaired) electrons. The van der Waals surface area contributed by atoms with E-state index in [9.17, 15) is 0 Å². The zero-order chi connectivity index (χ0) is 9.19. The molecule has 1 atom stereocenters. The second kappa shape index (κ2) is 3.73. The van der Waals surface area contributed by atoms with Crippen LogP contribution in [0.15, 0.2) is 0 Å². The van der Waals surface area contributed by atoms with Crippen molar-refractivity contribution in [3.8, 4) is 0 Å². The second-order valence-corrected chi connectivity index (χ2v) is 4.29. The maximum atomic E-state index is 5.81. The van der Waals surface area contributed by atoms with E-state index in [-0.39, 0.29) is 5.60 Å². The summed E-state index contributed by atoms with van der Waals surface area (Å²) in [7, 11) is 4.00. The molecular weight excluding hydrogens is 152 g/mol. The third-order valence-corrected chi connectivity index (χ3v) is 2.19. The Kier molecular flexibility index (Phi) is 3.09. The Morgan fingerprint density at radius 1 is 1.50 bits per heavy atom. The number of nitrogens with zero attached hydrogens (tertiary/aromatic N) is 1. The Morgan fingerprint density at radius 2 is 2.17 bits per heavy atom. The van der Waals surface area contributed by atoms with Crippen LogP contribution >= 0.6 is 0 Å². The molecule has 1 N–H and O–H groups in total. The quantitative estimate of drug-likeness (QED) is 0.643. The van der Waals surface area contributed by atoms with E-state index in [0.717, 1.165) is 6.54 Å². The van der Waals surface area contributed by atoms with Crippen LogP contribution < -0.4 is 5.43 Å². The number of hydrogen-bond acceptors (Lipinski definition) is 3. The van der Waals surface area contributed by atoms with E-state index >= 15 is 0 Å². The molecule has 0 aromatic carbocycles. The first kappa shape index (κ1) is 9.96. The first-order valence-corrected chi connectivity index (χ1v) is 4.58. The first-order valence-electron chi connectivity index (χ1n) is 4.58. The Bertz CT molecular complexity index is 145. The van der Waals surface area contributed by atoms with E-state index in [2.05, 4.69) is 19.3 Å². The van der Waals surface area contributed by atoms with E-state index in [1.54, 1.807) is 0 Å². The summed E-state index contributed by atoms with van der Waals surface area (Å²) < 4.78 is 5.81. The molecule has 12 heavy (non-hydrogen) atoms. The molecule has 1 aliphatic heterocycles. The summed E-state index contributed by atoms with van der Waals surface area (Å²) in [6.07, 6.45) is 2.74. The minimum Gasteiger partial charge on any atom is -0.371 e. The van der Waals surface area contributed by atoms with Crippen molar-refractivity contribution in [2.45, 2.75) is 38.4 Å². The van der Waals surface area contributed by atoms with Crippen LogP contribution in [-0.2, 0) is 4.74 Å². The molecule has 0 spiro atoms. The van der Waals surface area contributed by atoms with Crippen LogP contribution in [0.5, 0.6) is 0 Å². The van der Waals surface area contributed by atoms with Gasteiger partial charge in [-0.1, -0.05) is 0 Å². The van der Waals surface area contributed by atoms with Gasteiger partial charge < -0.3 is 4.74 Å². The highest BCUT2D eigenvalue weighted by molar-refractivity contribution is 4.81. The highest BCUT2D eigenvalue weighted by atomic mass is 16.5. The van der Waals surface area contributed by atoms with E-state index in [1.165, 1.54) is 12.8 Å². The number of hydrazine groups is 1. The molecular formula is C9H20N2O. The minimum absolute atomic E-state index is 0.0959. The summed E-state index contributed by atoms with van der Waals surface area (Å²) in [5.74, 6) is 0. The van der Waals surface area contributed by atoms with E-state index in [0.29, 0.717) is 6.10 Å². The van der Waals surface area contributed by atoms with Crippen LogP contribution in [0.3, 0.4) is 0 Å². The maximum Gasteiger partial charge on any atom is 0.0721 e. The van der Waals surface area contributed by atoms with Crippen molar-refractivity contribution in [1.29, 1.82) is 0 Å². The van der Waals surface area contributed by atoms with Crippen molar-refractivity contribution < 1.29 is 4.74 Å². The predicted octanol–water partition coefficient (Wildman–Crippen LogP) is 1.01. The summed E-state index contributed by atoms with van der Waals surface area (Å²) in [4.78, 5) is 0. The van der Waals surface area contributed by atoms with Crippen molar-refractivity contribution in [3.63, 3.8) is 0 Å². The molecule has 1 rings (SSSR count). The zero-order valence-electron chi connectivity index (χ0n) is 8.55. The molecule has 72 valence electrons. The standard InChI is InChI=1S/C9H20N2O/c1-9(2)6-5-8(12-9)7-10-11(3)4/h8,10H,5-7H2,1-4H3. The number of ether oxygens (including phenoxy) is 1. The SMILES string of the molecule is CN(C)NCC1CCC(C)(C)O1. The molecule has 1 saturated heterocycles. The van der Waals surface area contributed by atoms with Crippen LogP contribution in [0.25, 0.3) is 0 Å². The maximum absolute atomic E-state index is 5.81. The molecule has 1 heterocycles. The fraction of sp³-hybridized carbons (Fsp3) is 1.00. The molecule has 3 nitrogen and oxygen atoms in total. The molecule has 0 aliphatic carbocycles. The minimum atomic E-state index is 0.0959. The molecule has 0 aromatic rings. The van der Waals surface area contributed by atoms with Crippen LogP contribution in [0.2, 0.25) is 0 Å². The molecule has 0 saturated carbocycles. The normalized spacial score (nSPS) is 28.2. The number of hydrogen-bond donors (Lipinski definition) is 1. The smallest absolute Gasteiger partial charge is 0.0721 e. The van der Waals surface area contributed by atoms with Gasteiger partial charge in [-0.25, -0.2) is 0 Å². The first-order chi connectivity index (χ1) is 5.49. The van der Waals surface area contributed by atoms with E-state index in [1.807, 2.05) is 19.1 Å². The zero-order valence-corrected chi connectivity index (χ0v) is 8.55. The van der Waals surface area contributed by atoms with Crippen LogP contribution in [0, 0.1) is 0 Å². The van der Waals surface area contributed by atoms with Gasteiger partial charge in [-0.3, -0.25) is 10.4 Å². The van der Waals surface area contributed by atoms with Gasteiger partial charge in [-0.2, -0.15) is 0 Å². The van der Waals surface area contributed by atoms with Crippen molar-refractivity contribution in [2.24, 2.45) is 0 Å². The summed E-state index contributed by atoms with van der Waals surface area (Å²) in [5.41, 5.74) is 3.33. The summed E-state index contributed by atoms with van der Waals surface area (Å²) in [5, 5.41) is 1.97. The Labute approximate surface area is 75.0 Å². The second-order valence-electron chi connectivity index (χ2n) is 4.29.